The highest BCUT2D eigenvalue weighted by molar-refractivity contribution is 6.31. The number of halogens is 2. The third-order valence-electron chi connectivity index (χ3n) is 4.55. The molecule has 1 aliphatic heterocycles. The van der Waals surface area contributed by atoms with Crippen LogP contribution in [0.5, 0.6) is 0 Å². The Balaban J connectivity index is 1.45. The fourth-order valence-electron chi connectivity index (χ4n) is 3.11. The number of nitrogens with one attached hydrogen (secondary N) is 1. The van der Waals surface area contributed by atoms with Crippen molar-refractivity contribution in [3.63, 3.8) is 0 Å². The van der Waals surface area contributed by atoms with E-state index in [1.54, 1.807) is 12.5 Å². The molecule has 0 radical (unpaired) electrons. The van der Waals surface area contributed by atoms with Crippen LogP contribution in [0.2, 0.25) is 5.02 Å². The highest BCUT2D eigenvalue weighted by atomic mass is 35.5. The van der Waals surface area contributed by atoms with E-state index < -0.39 is 6.17 Å². The number of rotatable bonds is 5. The van der Waals surface area contributed by atoms with Gasteiger partial charge in [0.05, 0.1) is 18.6 Å². The molecule has 1 atom stereocenters. The summed E-state index contributed by atoms with van der Waals surface area (Å²) in [5, 5.41) is 12.4. The van der Waals surface area contributed by atoms with Gasteiger partial charge in [-0.2, -0.15) is 5.26 Å². The van der Waals surface area contributed by atoms with Gasteiger partial charge in [0.1, 0.15) is 30.2 Å². The number of aromatic nitrogens is 4. The van der Waals surface area contributed by atoms with Crippen LogP contribution in [-0.2, 0) is 6.54 Å². The number of hydrogen-bond acceptors (Lipinski definition) is 6. The van der Waals surface area contributed by atoms with Gasteiger partial charge in [-0.25, -0.2) is 19.3 Å². The fraction of sp³-hybridized carbons (Fsp3) is 0.263. The van der Waals surface area contributed by atoms with Crippen molar-refractivity contribution in [1.82, 2.24) is 24.4 Å². The van der Waals surface area contributed by atoms with Gasteiger partial charge in [-0.15, -0.1) is 0 Å². The summed E-state index contributed by atoms with van der Waals surface area (Å²) in [6.45, 7) is 1.87. The van der Waals surface area contributed by atoms with Crippen molar-refractivity contribution in [2.24, 2.45) is 0 Å². The molecule has 4 rings (SSSR count). The Morgan fingerprint density at radius 2 is 2.14 bits per heavy atom. The van der Waals surface area contributed by atoms with E-state index in [4.69, 9.17) is 16.9 Å². The number of hydrogen-bond donors (Lipinski definition) is 1. The van der Waals surface area contributed by atoms with Gasteiger partial charge in [0.25, 0.3) is 0 Å². The third kappa shape index (κ3) is 4.11. The normalized spacial score (nSPS) is 16.8. The minimum Gasteiger partial charge on any atom is -0.322 e. The van der Waals surface area contributed by atoms with Crippen LogP contribution in [0.15, 0.2) is 43.1 Å². The molecule has 28 heavy (non-hydrogen) atoms. The Bertz CT molecular complexity index is 1010. The molecule has 2 aromatic heterocycles. The van der Waals surface area contributed by atoms with Crippen LogP contribution in [0, 0.1) is 11.3 Å². The molecule has 1 fully saturated rings. The van der Waals surface area contributed by atoms with Gasteiger partial charge in [-0.1, -0.05) is 17.7 Å². The molecular weight excluding hydrogens is 381 g/mol. The zero-order valence-electron chi connectivity index (χ0n) is 14.9. The number of imidazole rings is 1. The van der Waals surface area contributed by atoms with Crippen LogP contribution >= 0.6 is 11.6 Å². The first-order chi connectivity index (χ1) is 13.6. The predicted molar refractivity (Wildman–Crippen MR) is 103 cm³/mol. The van der Waals surface area contributed by atoms with E-state index in [1.165, 1.54) is 12.4 Å². The van der Waals surface area contributed by atoms with Gasteiger partial charge in [0.2, 0.25) is 0 Å². The van der Waals surface area contributed by atoms with Crippen LogP contribution < -0.4 is 5.32 Å². The second-order valence-corrected chi connectivity index (χ2v) is 6.99. The first kappa shape index (κ1) is 18.3. The van der Waals surface area contributed by atoms with E-state index in [2.05, 4.69) is 25.2 Å². The monoisotopic (exact) mass is 397 g/mol. The molecule has 3 aromatic rings. The molecule has 1 N–H and O–H groups in total. The van der Waals surface area contributed by atoms with Gasteiger partial charge in [-0.05, 0) is 24.1 Å². The van der Waals surface area contributed by atoms with E-state index in [0.717, 1.165) is 17.8 Å². The number of nitriles is 1. The second-order valence-electron chi connectivity index (χ2n) is 6.59. The lowest BCUT2D eigenvalue weighted by Gasteiger charge is -2.16. The summed E-state index contributed by atoms with van der Waals surface area (Å²) in [6.07, 6.45) is 6.19. The molecule has 0 saturated carbocycles. The molecule has 7 nitrogen and oxygen atoms in total. The van der Waals surface area contributed by atoms with E-state index in [0.29, 0.717) is 36.2 Å². The molecule has 1 saturated heterocycles. The zero-order chi connectivity index (χ0) is 19.5. The standard InChI is InChI=1S/C19H17ClFN7/c20-17-5-16(2-1-13(17)9-27-4-3-14(21)10-27)28-11-19(25-12-28)26-18-8-23-15(6-22)7-24-18/h1-2,5,7-8,11-12,14H,3-4,9-10H2,(H,24,26). The Morgan fingerprint density at radius 1 is 1.25 bits per heavy atom. The first-order valence-electron chi connectivity index (χ1n) is 8.79. The highest BCUT2D eigenvalue weighted by Crippen LogP contribution is 2.24. The molecule has 0 amide bonds. The average Bonchev–Trinajstić information content (AvgIpc) is 3.33. The molecule has 142 valence electrons. The summed E-state index contributed by atoms with van der Waals surface area (Å²) in [4.78, 5) is 14.4. The zero-order valence-corrected chi connectivity index (χ0v) is 15.6. The topological polar surface area (TPSA) is 82.7 Å². The van der Waals surface area contributed by atoms with Crippen LogP contribution in [0.3, 0.4) is 0 Å². The van der Waals surface area contributed by atoms with Crippen molar-refractivity contribution >= 4 is 23.2 Å². The average molecular weight is 398 g/mol. The lowest BCUT2D eigenvalue weighted by atomic mass is 10.2. The van der Waals surface area contributed by atoms with Crippen molar-refractivity contribution in [3.8, 4) is 11.8 Å². The van der Waals surface area contributed by atoms with Gasteiger partial charge >= 0.3 is 0 Å². The minimum absolute atomic E-state index is 0.252. The third-order valence-corrected chi connectivity index (χ3v) is 4.90. The predicted octanol–water partition coefficient (Wildman–Crippen LogP) is 3.47. The van der Waals surface area contributed by atoms with Gasteiger partial charge in [-0.3, -0.25) is 4.90 Å². The van der Waals surface area contributed by atoms with Crippen LogP contribution in [0.1, 0.15) is 17.7 Å². The summed E-state index contributed by atoms with van der Waals surface area (Å²) < 4.78 is 15.2. The molecular formula is C19H17ClFN7. The number of benzene rings is 1. The number of anilines is 2. The molecule has 1 aromatic carbocycles. The van der Waals surface area contributed by atoms with E-state index in [-0.39, 0.29) is 5.69 Å². The lowest BCUT2D eigenvalue weighted by Crippen LogP contribution is -2.20. The molecule has 3 heterocycles. The maximum absolute atomic E-state index is 13.3. The summed E-state index contributed by atoms with van der Waals surface area (Å²) in [5.41, 5.74) is 2.10. The lowest BCUT2D eigenvalue weighted by molar-refractivity contribution is 0.282. The number of alkyl halides is 1. The van der Waals surface area contributed by atoms with Gasteiger partial charge in [0, 0.05) is 30.3 Å². The SMILES string of the molecule is N#Cc1cnc(Nc2cn(-c3ccc(CN4CCC(F)C4)c(Cl)c3)cn2)cn1. The second kappa shape index (κ2) is 7.92. The Labute approximate surface area is 166 Å². The maximum atomic E-state index is 13.3. The number of nitrogens with zero attached hydrogens (tertiary/aromatic N) is 6. The van der Waals surface area contributed by atoms with Crippen LogP contribution in [-0.4, -0.2) is 43.7 Å². The quantitative estimate of drug-likeness (QED) is 0.709. The van der Waals surface area contributed by atoms with Crippen LogP contribution in [0.4, 0.5) is 16.0 Å². The Hall–Kier alpha value is -3.02. The molecule has 1 unspecified atom stereocenters. The molecule has 0 spiro atoms. The molecule has 9 heteroatoms. The number of likely N-dealkylation sites (tertiary alicyclic amines) is 1. The molecule has 1 aliphatic rings. The van der Waals surface area contributed by atoms with E-state index in [9.17, 15) is 4.39 Å². The largest absolute Gasteiger partial charge is 0.322 e. The van der Waals surface area contributed by atoms with E-state index in [1.807, 2.05) is 28.8 Å². The maximum Gasteiger partial charge on any atom is 0.158 e. The highest BCUT2D eigenvalue weighted by Gasteiger charge is 2.22. The van der Waals surface area contributed by atoms with Gasteiger partial charge < -0.3 is 9.88 Å². The summed E-state index contributed by atoms with van der Waals surface area (Å²) in [5.74, 6) is 1.08. The van der Waals surface area contributed by atoms with Crippen molar-refractivity contribution in [3.05, 3.63) is 59.4 Å². The summed E-state index contributed by atoms with van der Waals surface area (Å²) in [7, 11) is 0. The van der Waals surface area contributed by atoms with Gasteiger partial charge in [0.15, 0.2) is 5.69 Å². The summed E-state index contributed by atoms with van der Waals surface area (Å²) >= 11 is 6.44. The van der Waals surface area contributed by atoms with Crippen molar-refractivity contribution in [2.45, 2.75) is 19.1 Å². The van der Waals surface area contributed by atoms with E-state index >= 15 is 0 Å². The van der Waals surface area contributed by atoms with Crippen LogP contribution in [0.25, 0.3) is 5.69 Å². The Morgan fingerprint density at radius 3 is 2.82 bits per heavy atom. The molecule has 0 aliphatic carbocycles. The Kier molecular flexibility index (Phi) is 5.19. The molecule has 0 bridgehead atoms. The smallest absolute Gasteiger partial charge is 0.158 e. The van der Waals surface area contributed by atoms with Crippen molar-refractivity contribution in [2.75, 3.05) is 18.4 Å². The van der Waals surface area contributed by atoms with Crippen molar-refractivity contribution in [1.29, 1.82) is 5.26 Å². The summed E-state index contributed by atoms with van der Waals surface area (Å²) in [6, 6.07) is 7.71. The minimum atomic E-state index is -0.740. The van der Waals surface area contributed by atoms with Crippen molar-refractivity contribution < 1.29 is 4.39 Å². The fourth-order valence-corrected chi connectivity index (χ4v) is 3.34. The first-order valence-corrected chi connectivity index (χ1v) is 9.17.